The molecular formula is C13H15BrN2O2S. The summed E-state index contributed by atoms with van der Waals surface area (Å²) in [6.45, 7) is 1.49. The number of hydrogen-bond acceptors (Lipinski definition) is 3. The van der Waals surface area contributed by atoms with Crippen molar-refractivity contribution < 1.29 is 9.59 Å². The molecule has 6 heteroatoms. The molecule has 1 fully saturated rings. The number of carbonyl (C=O) groups is 2. The van der Waals surface area contributed by atoms with Crippen molar-refractivity contribution in [3.05, 3.63) is 28.7 Å². The Labute approximate surface area is 125 Å². The van der Waals surface area contributed by atoms with Crippen LogP contribution < -0.4 is 5.32 Å². The second-order valence-corrected chi connectivity index (χ2v) is 6.23. The van der Waals surface area contributed by atoms with E-state index in [2.05, 4.69) is 21.2 Å². The van der Waals surface area contributed by atoms with Crippen LogP contribution in [0.5, 0.6) is 0 Å². The molecule has 19 heavy (non-hydrogen) atoms. The minimum Gasteiger partial charge on any atom is -0.354 e. The lowest BCUT2D eigenvalue weighted by molar-refractivity contribution is -0.133. The minimum atomic E-state index is -0.0699. The van der Waals surface area contributed by atoms with Gasteiger partial charge in [0.2, 0.25) is 11.8 Å². The van der Waals surface area contributed by atoms with Gasteiger partial charge in [-0.1, -0.05) is 15.9 Å². The number of halogens is 1. The highest BCUT2D eigenvalue weighted by Gasteiger charge is 2.19. The van der Waals surface area contributed by atoms with E-state index in [-0.39, 0.29) is 18.4 Å². The SMILES string of the molecule is O=C1CN(C(=O)CSc2ccc(Br)cc2)CCCN1. The van der Waals surface area contributed by atoms with Crippen molar-refractivity contribution in [1.29, 1.82) is 0 Å². The monoisotopic (exact) mass is 342 g/mol. The Morgan fingerprint density at radius 1 is 1.37 bits per heavy atom. The quantitative estimate of drug-likeness (QED) is 0.853. The maximum absolute atomic E-state index is 12.1. The van der Waals surface area contributed by atoms with E-state index in [1.54, 1.807) is 4.90 Å². The zero-order chi connectivity index (χ0) is 13.7. The third-order valence-electron chi connectivity index (χ3n) is 2.79. The number of nitrogens with zero attached hydrogens (tertiary/aromatic N) is 1. The number of carbonyl (C=O) groups excluding carboxylic acids is 2. The van der Waals surface area contributed by atoms with Crippen LogP contribution in [0.25, 0.3) is 0 Å². The fourth-order valence-corrected chi connectivity index (χ4v) is 2.85. The van der Waals surface area contributed by atoms with E-state index >= 15 is 0 Å². The lowest BCUT2D eigenvalue weighted by atomic mass is 10.4. The Morgan fingerprint density at radius 3 is 2.84 bits per heavy atom. The first kappa shape index (κ1) is 14.4. The molecule has 0 radical (unpaired) electrons. The van der Waals surface area contributed by atoms with Crippen LogP contribution in [0.4, 0.5) is 0 Å². The molecule has 1 aromatic rings. The van der Waals surface area contributed by atoms with Crippen molar-refractivity contribution in [3.63, 3.8) is 0 Å². The standard InChI is InChI=1S/C13H15BrN2O2S/c14-10-2-4-11(5-3-10)19-9-13(18)16-7-1-6-15-12(17)8-16/h2-5H,1,6-9H2,(H,15,17). The number of thioether (sulfide) groups is 1. The van der Waals surface area contributed by atoms with Crippen LogP contribution in [-0.2, 0) is 9.59 Å². The van der Waals surface area contributed by atoms with Crippen LogP contribution in [0.1, 0.15) is 6.42 Å². The molecule has 2 amide bonds. The molecular weight excluding hydrogens is 328 g/mol. The van der Waals surface area contributed by atoms with Gasteiger partial charge in [0.1, 0.15) is 0 Å². The van der Waals surface area contributed by atoms with Gasteiger partial charge >= 0.3 is 0 Å². The van der Waals surface area contributed by atoms with Gasteiger partial charge in [0.15, 0.2) is 0 Å². The average molecular weight is 343 g/mol. The molecule has 0 aliphatic carbocycles. The van der Waals surface area contributed by atoms with Crippen LogP contribution in [-0.4, -0.2) is 42.1 Å². The first-order valence-electron chi connectivity index (χ1n) is 6.08. The summed E-state index contributed by atoms with van der Waals surface area (Å²) >= 11 is 4.87. The predicted octanol–water partition coefficient (Wildman–Crippen LogP) is 1.89. The molecule has 2 rings (SSSR count). The van der Waals surface area contributed by atoms with E-state index in [1.165, 1.54) is 11.8 Å². The van der Waals surface area contributed by atoms with Crippen LogP contribution >= 0.6 is 27.7 Å². The van der Waals surface area contributed by atoms with Gasteiger partial charge in [0, 0.05) is 22.5 Å². The van der Waals surface area contributed by atoms with E-state index in [4.69, 9.17) is 0 Å². The Bertz CT molecular complexity index is 464. The molecule has 1 aromatic carbocycles. The van der Waals surface area contributed by atoms with Crippen molar-refractivity contribution in [3.8, 4) is 0 Å². The first-order chi connectivity index (χ1) is 9.15. The Morgan fingerprint density at radius 2 is 2.11 bits per heavy atom. The van der Waals surface area contributed by atoms with Gasteiger partial charge in [-0.2, -0.15) is 0 Å². The van der Waals surface area contributed by atoms with Crippen molar-refractivity contribution in [2.75, 3.05) is 25.4 Å². The third-order valence-corrected chi connectivity index (χ3v) is 4.32. The minimum absolute atomic E-state index is 0.0185. The third kappa shape index (κ3) is 4.54. The number of hydrogen-bond donors (Lipinski definition) is 1. The summed E-state index contributed by atoms with van der Waals surface area (Å²) in [5.41, 5.74) is 0. The molecule has 0 aromatic heterocycles. The molecule has 1 aliphatic heterocycles. The van der Waals surface area contributed by atoms with E-state index in [1.807, 2.05) is 24.3 Å². The Kier molecular flexibility index (Phi) is 5.27. The summed E-state index contributed by atoms with van der Waals surface area (Å²) in [6, 6.07) is 7.84. The summed E-state index contributed by atoms with van der Waals surface area (Å²) in [7, 11) is 0. The summed E-state index contributed by atoms with van der Waals surface area (Å²) in [4.78, 5) is 26.1. The normalized spacial score (nSPS) is 15.8. The summed E-state index contributed by atoms with van der Waals surface area (Å²) < 4.78 is 1.02. The van der Waals surface area contributed by atoms with Gasteiger partial charge in [-0.05, 0) is 30.7 Å². The maximum atomic E-state index is 12.1. The number of nitrogens with one attached hydrogen (secondary N) is 1. The molecule has 0 atom stereocenters. The van der Waals surface area contributed by atoms with Crippen molar-refractivity contribution >= 4 is 39.5 Å². The van der Waals surface area contributed by atoms with Gasteiger partial charge in [0.25, 0.3) is 0 Å². The van der Waals surface area contributed by atoms with Crippen LogP contribution in [0.15, 0.2) is 33.6 Å². The predicted molar refractivity (Wildman–Crippen MR) is 79.1 cm³/mol. The molecule has 102 valence electrons. The Hall–Kier alpha value is -1.01. The zero-order valence-electron chi connectivity index (χ0n) is 10.4. The second-order valence-electron chi connectivity index (χ2n) is 4.26. The smallest absolute Gasteiger partial charge is 0.239 e. The van der Waals surface area contributed by atoms with E-state index in [0.717, 1.165) is 15.8 Å². The van der Waals surface area contributed by atoms with Crippen molar-refractivity contribution in [1.82, 2.24) is 10.2 Å². The number of amides is 2. The van der Waals surface area contributed by atoms with Crippen LogP contribution in [0.3, 0.4) is 0 Å². The second kappa shape index (κ2) is 6.96. The van der Waals surface area contributed by atoms with Gasteiger partial charge in [-0.15, -0.1) is 11.8 Å². The van der Waals surface area contributed by atoms with Gasteiger partial charge in [-0.25, -0.2) is 0 Å². The van der Waals surface area contributed by atoms with Gasteiger partial charge in [-0.3, -0.25) is 9.59 Å². The lowest BCUT2D eigenvalue weighted by Gasteiger charge is -2.18. The van der Waals surface area contributed by atoms with E-state index in [0.29, 0.717) is 18.8 Å². The summed E-state index contributed by atoms with van der Waals surface area (Å²) in [5, 5.41) is 2.76. The molecule has 1 heterocycles. The molecule has 1 saturated heterocycles. The summed E-state index contributed by atoms with van der Waals surface area (Å²) in [5.74, 6) is 0.319. The Balaban J connectivity index is 1.86. The number of rotatable bonds is 3. The van der Waals surface area contributed by atoms with Crippen molar-refractivity contribution in [2.45, 2.75) is 11.3 Å². The van der Waals surface area contributed by atoms with E-state index < -0.39 is 0 Å². The molecule has 1 N–H and O–H groups in total. The van der Waals surface area contributed by atoms with Crippen LogP contribution in [0.2, 0.25) is 0 Å². The highest BCUT2D eigenvalue weighted by Crippen LogP contribution is 2.21. The van der Waals surface area contributed by atoms with Crippen molar-refractivity contribution in [2.24, 2.45) is 0 Å². The fourth-order valence-electron chi connectivity index (χ4n) is 1.79. The van der Waals surface area contributed by atoms with Gasteiger partial charge < -0.3 is 10.2 Å². The molecule has 0 saturated carbocycles. The maximum Gasteiger partial charge on any atom is 0.239 e. The molecule has 1 aliphatic rings. The molecule has 0 spiro atoms. The molecule has 0 unspecified atom stereocenters. The average Bonchev–Trinajstić information content (AvgIpc) is 2.62. The summed E-state index contributed by atoms with van der Waals surface area (Å²) in [6.07, 6.45) is 0.820. The largest absolute Gasteiger partial charge is 0.354 e. The topological polar surface area (TPSA) is 49.4 Å². The zero-order valence-corrected chi connectivity index (χ0v) is 12.8. The lowest BCUT2D eigenvalue weighted by Crippen LogP contribution is -2.38. The molecule has 4 nitrogen and oxygen atoms in total. The van der Waals surface area contributed by atoms with Gasteiger partial charge in [0.05, 0.1) is 12.3 Å². The first-order valence-corrected chi connectivity index (χ1v) is 7.86. The molecule has 0 bridgehead atoms. The van der Waals surface area contributed by atoms with Crippen LogP contribution in [0, 0.1) is 0 Å². The highest BCUT2D eigenvalue weighted by molar-refractivity contribution is 9.10. The highest BCUT2D eigenvalue weighted by atomic mass is 79.9. The fraction of sp³-hybridized carbons (Fsp3) is 0.385. The number of benzene rings is 1. The van der Waals surface area contributed by atoms with E-state index in [9.17, 15) is 9.59 Å².